The summed E-state index contributed by atoms with van der Waals surface area (Å²) >= 11 is 0. The Balaban J connectivity index is 2.11. The van der Waals surface area contributed by atoms with E-state index in [9.17, 15) is 0 Å². The molecule has 0 amide bonds. The van der Waals surface area contributed by atoms with Crippen molar-refractivity contribution in [2.45, 2.75) is 38.8 Å². The van der Waals surface area contributed by atoms with Gasteiger partial charge in [0.15, 0.2) is 0 Å². The average molecular weight is 262 g/mol. The number of likely N-dealkylation sites (N-methyl/N-ethyl adjacent to an activating group) is 1. The van der Waals surface area contributed by atoms with Crippen molar-refractivity contribution in [3.8, 4) is 5.75 Å². The first-order valence-electron chi connectivity index (χ1n) is 7.20. The molecule has 1 aromatic carbocycles. The highest BCUT2D eigenvalue weighted by Gasteiger charge is 2.21. The van der Waals surface area contributed by atoms with Crippen molar-refractivity contribution in [1.29, 1.82) is 0 Å². The Morgan fingerprint density at radius 2 is 2.21 bits per heavy atom. The number of likely N-dealkylation sites (tertiary alicyclic amines) is 1. The van der Waals surface area contributed by atoms with E-state index in [1.54, 1.807) is 7.11 Å². The van der Waals surface area contributed by atoms with E-state index in [0.717, 1.165) is 18.8 Å². The lowest BCUT2D eigenvalue weighted by molar-refractivity contribution is 0.313. The van der Waals surface area contributed by atoms with E-state index in [1.807, 2.05) is 7.05 Å². The predicted molar refractivity (Wildman–Crippen MR) is 79.8 cm³/mol. The van der Waals surface area contributed by atoms with E-state index in [2.05, 4.69) is 42.3 Å². The zero-order valence-corrected chi connectivity index (χ0v) is 12.6. The Kier molecular flexibility index (Phi) is 4.83. The topological polar surface area (TPSA) is 24.5 Å². The van der Waals surface area contributed by atoms with Gasteiger partial charge in [0.25, 0.3) is 0 Å². The Labute approximate surface area is 116 Å². The third-order valence-corrected chi connectivity index (χ3v) is 4.05. The number of benzene rings is 1. The zero-order chi connectivity index (χ0) is 13.8. The van der Waals surface area contributed by atoms with Crippen LogP contribution in [0.3, 0.4) is 0 Å². The molecule has 0 aliphatic carbocycles. The maximum absolute atomic E-state index is 5.50. The molecule has 1 fully saturated rings. The molecule has 1 saturated heterocycles. The molecule has 19 heavy (non-hydrogen) atoms. The molecular formula is C16H26N2O. The minimum Gasteiger partial charge on any atom is -0.496 e. The van der Waals surface area contributed by atoms with Crippen LogP contribution in [0.25, 0.3) is 0 Å². The van der Waals surface area contributed by atoms with Crippen molar-refractivity contribution in [3.05, 3.63) is 29.3 Å². The molecule has 0 spiro atoms. The van der Waals surface area contributed by atoms with Crippen molar-refractivity contribution in [2.75, 3.05) is 27.2 Å². The minimum absolute atomic E-state index is 0.563. The standard InChI is InChI=1S/C16H26N2O/c1-12(2)13-5-6-16(19-4)14(9-13)10-18-8-7-15(11-18)17-3/h5-6,9,12,15,17H,7-8,10-11H2,1-4H3. The molecule has 1 aromatic rings. The molecule has 0 bridgehead atoms. The van der Waals surface area contributed by atoms with E-state index in [4.69, 9.17) is 4.74 Å². The number of methoxy groups -OCH3 is 1. The number of hydrogen-bond acceptors (Lipinski definition) is 3. The van der Waals surface area contributed by atoms with Gasteiger partial charge in [0, 0.05) is 31.2 Å². The maximum Gasteiger partial charge on any atom is 0.123 e. The largest absolute Gasteiger partial charge is 0.496 e. The lowest BCUT2D eigenvalue weighted by Crippen LogP contribution is -2.29. The van der Waals surface area contributed by atoms with Gasteiger partial charge in [-0.05, 0) is 31.0 Å². The highest BCUT2D eigenvalue weighted by atomic mass is 16.5. The molecule has 3 nitrogen and oxygen atoms in total. The minimum atomic E-state index is 0.563. The van der Waals surface area contributed by atoms with Crippen LogP contribution in [0.1, 0.15) is 37.3 Å². The van der Waals surface area contributed by atoms with Crippen LogP contribution in [0.4, 0.5) is 0 Å². The monoisotopic (exact) mass is 262 g/mol. The molecular weight excluding hydrogens is 236 g/mol. The fourth-order valence-corrected chi connectivity index (χ4v) is 2.73. The molecule has 0 aromatic heterocycles. The van der Waals surface area contributed by atoms with Crippen molar-refractivity contribution in [2.24, 2.45) is 0 Å². The highest BCUT2D eigenvalue weighted by Crippen LogP contribution is 2.26. The van der Waals surface area contributed by atoms with Crippen LogP contribution in [0, 0.1) is 0 Å². The van der Waals surface area contributed by atoms with Crippen LogP contribution in [0.5, 0.6) is 5.75 Å². The summed E-state index contributed by atoms with van der Waals surface area (Å²) in [5.41, 5.74) is 2.70. The summed E-state index contributed by atoms with van der Waals surface area (Å²) in [6, 6.07) is 7.22. The zero-order valence-electron chi connectivity index (χ0n) is 12.6. The Morgan fingerprint density at radius 1 is 1.42 bits per heavy atom. The first-order chi connectivity index (χ1) is 9.13. The third kappa shape index (κ3) is 3.48. The Hall–Kier alpha value is -1.06. The van der Waals surface area contributed by atoms with E-state index in [0.29, 0.717) is 12.0 Å². The SMILES string of the molecule is CNC1CCN(Cc2cc(C(C)C)ccc2OC)C1. The second-order valence-corrected chi connectivity index (χ2v) is 5.74. The lowest BCUT2D eigenvalue weighted by atomic mass is 10.00. The van der Waals surface area contributed by atoms with E-state index in [1.165, 1.54) is 24.1 Å². The van der Waals surface area contributed by atoms with Gasteiger partial charge >= 0.3 is 0 Å². The molecule has 1 unspecified atom stereocenters. The predicted octanol–water partition coefficient (Wildman–Crippen LogP) is 2.61. The number of ether oxygens (including phenoxy) is 1. The van der Waals surface area contributed by atoms with E-state index >= 15 is 0 Å². The summed E-state index contributed by atoms with van der Waals surface area (Å²) in [7, 11) is 3.81. The molecule has 1 heterocycles. The van der Waals surface area contributed by atoms with Crippen LogP contribution < -0.4 is 10.1 Å². The summed E-state index contributed by atoms with van der Waals surface area (Å²) in [4.78, 5) is 2.50. The van der Waals surface area contributed by atoms with Gasteiger partial charge in [-0.25, -0.2) is 0 Å². The summed E-state index contributed by atoms with van der Waals surface area (Å²) in [5, 5.41) is 3.36. The molecule has 1 atom stereocenters. The molecule has 1 aliphatic heterocycles. The number of nitrogens with one attached hydrogen (secondary N) is 1. The third-order valence-electron chi connectivity index (χ3n) is 4.05. The maximum atomic E-state index is 5.50. The van der Waals surface area contributed by atoms with Crippen molar-refractivity contribution < 1.29 is 4.74 Å². The fraction of sp³-hybridized carbons (Fsp3) is 0.625. The van der Waals surface area contributed by atoms with Crippen LogP contribution >= 0.6 is 0 Å². The second kappa shape index (κ2) is 6.40. The first kappa shape index (κ1) is 14.4. The number of hydrogen-bond donors (Lipinski definition) is 1. The van der Waals surface area contributed by atoms with Gasteiger partial charge in [-0.1, -0.05) is 26.0 Å². The molecule has 0 radical (unpaired) electrons. The van der Waals surface area contributed by atoms with Crippen LogP contribution in [-0.4, -0.2) is 38.2 Å². The highest BCUT2D eigenvalue weighted by molar-refractivity contribution is 5.38. The quantitative estimate of drug-likeness (QED) is 0.883. The second-order valence-electron chi connectivity index (χ2n) is 5.74. The van der Waals surface area contributed by atoms with Crippen LogP contribution in [0.15, 0.2) is 18.2 Å². The summed E-state index contributed by atoms with van der Waals surface area (Å²) in [5.74, 6) is 1.57. The van der Waals surface area contributed by atoms with Gasteiger partial charge in [0.1, 0.15) is 5.75 Å². The van der Waals surface area contributed by atoms with Crippen molar-refractivity contribution in [1.82, 2.24) is 10.2 Å². The van der Waals surface area contributed by atoms with E-state index < -0.39 is 0 Å². The van der Waals surface area contributed by atoms with Crippen LogP contribution in [0.2, 0.25) is 0 Å². The molecule has 3 heteroatoms. The first-order valence-corrected chi connectivity index (χ1v) is 7.20. The van der Waals surface area contributed by atoms with Gasteiger partial charge in [-0.15, -0.1) is 0 Å². The molecule has 1 N–H and O–H groups in total. The number of rotatable bonds is 5. The lowest BCUT2D eigenvalue weighted by Gasteiger charge is -2.19. The van der Waals surface area contributed by atoms with Gasteiger partial charge in [-0.2, -0.15) is 0 Å². The normalized spacial score (nSPS) is 20.2. The van der Waals surface area contributed by atoms with Gasteiger partial charge in [-0.3, -0.25) is 4.90 Å². The summed E-state index contributed by atoms with van der Waals surface area (Å²) in [6.45, 7) is 7.75. The number of nitrogens with zero attached hydrogens (tertiary/aromatic N) is 1. The Morgan fingerprint density at radius 3 is 2.79 bits per heavy atom. The van der Waals surface area contributed by atoms with Gasteiger partial charge in [0.2, 0.25) is 0 Å². The summed E-state index contributed by atoms with van der Waals surface area (Å²) in [6.07, 6.45) is 1.24. The van der Waals surface area contributed by atoms with Crippen molar-refractivity contribution in [3.63, 3.8) is 0 Å². The van der Waals surface area contributed by atoms with E-state index in [-0.39, 0.29) is 0 Å². The molecule has 0 saturated carbocycles. The Bertz CT molecular complexity index is 417. The smallest absolute Gasteiger partial charge is 0.123 e. The average Bonchev–Trinajstić information content (AvgIpc) is 2.86. The molecule has 2 rings (SSSR count). The van der Waals surface area contributed by atoms with Gasteiger partial charge in [0.05, 0.1) is 7.11 Å². The fourth-order valence-electron chi connectivity index (χ4n) is 2.73. The molecule has 106 valence electrons. The van der Waals surface area contributed by atoms with Crippen LogP contribution in [-0.2, 0) is 6.54 Å². The molecule has 1 aliphatic rings. The van der Waals surface area contributed by atoms with Gasteiger partial charge < -0.3 is 10.1 Å². The summed E-state index contributed by atoms with van der Waals surface area (Å²) < 4.78 is 5.50. The van der Waals surface area contributed by atoms with Crippen molar-refractivity contribution >= 4 is 0 Å².